The quantitative estimate of drug-likeness (QED) is 0.670. The predicted molar refractivity (Wildman–Crippen MR) is 56.1 cm³/mol. The number of nitrogens with zero attached hydrogens (tertiary/aromatic N) is 1. The van der Waals surface area contributed by atoms with Gasteiger partial charge in [0.1, 0.15) is 6.04 Å². The maximum absolute atomic E-state index is 12.2. The van der Waals surface area contributed by atoms with E-state index in [9.17, 15) is 28.1 Å². The Morgan fingerprint density at radius 1 is 1.44 bits per heavy atom. The number of alkyl halides is 3. The summed E-state index contributed by atoms with van der Waals surface area (Å²) in [5.74, 6) is -1.01. The molecular weight excluding hydrogens is 253 g/mol. The van der Waals surface area contributed by atoms with Gasteiger partial charge < -0.3 is 5.32 Å². The number of non-ortho nitro benzene ring substituents is 1. The first-order valence-electron chi connectivity index (χ1n) is 4.84. The number of hydrogen-bond donors (Lipinski definition) is 1. The molecule has 0 aliphatic carbocycles. The van der Waals surface area contributed by atoms with Gasteiger partial charge in [-0.3, -0.25) is 14.9 Å². The van der Waals surface area contributed by atoms with Gasteiger partial charge in [0.2, 0.25) is 0 Å². The molecule has 0 spiro atoms. The summed E-state index contributed by atoms with van der Waals surface area (Å²) >= 11 is 0. The average Bonchev–Trinajstić information content (AvgIpc) is 2.27. The Kier molecular flexibility index (Phi) is 3.89. The fraction of sp³-hybridized carbons (Fsp3) is 0.300. The smallest absolute Gasteiger partial charge is 0.341 e. The lowest BCUT2D eigenvalue weighted by molar-refractivity contribution is -0.384. The second-order valence-corrected chi connectivity index (χ2v) is 3.54. The molecule has 1 aromatic carbocycles. The largest absolute Gasteiger partial charge is 0.408 e. The third-order valence-electron chi connectivity index (χ3n) is 2.16. The highest BCUT2D eigenvalue weighted by molar-refractivity contribution is 5.95. The lowest BCUT2D eigenvalue weighted by Crippen LogP contribution is -2.43. The van der Waals surface area contributed by atoms with Crippen molar-refractivity contribution in [3.05, 3.63) is 39.9 Å². The minimum atomic E-state index is -4.56. The monoisotopic (exact) mass is 262 g/mol. The first-order valence-corrected chi connectivity index (χ1v) is 4.84. The van der Waals surface area contributed by atoms with E-state index in [1.54, 1.807) is 5.32 Å². The van der Waals surface area contributed by atoms with Crippen LogP contribution >= 0.6 is 0 Å². The molecule has 0 radical (unpaired) electrons. The minimum Gasteiger partial charge on any atom is -0.341 e. The summed E-state index contributed by atoms with van der Waals surface area (Å²) in [6.07, 6.45) is -4.56. The second-order valence-electron chi connectivity index (χ2n) is 3.54. The van der Waals surface area contributed by atoms with E-state index in [0.29, 0.717) is 0 Å². The molecule has 1 unspecified atom stereocenters. The Morgan fingerprint density at radius 2 is 2.06 bits per heavy atom. The van der Waals surface area contributed by atoms with Crippen molar-refractivity contribution < 1.29 is 22.9 Å². The van der Waals surface area contributed by atoms with Crippen LogP contribution in [0.15, 0.2) is 24.3 Å². The van der Waals surface area contributed by atoms with Crippen LogP contribution in [0.1, 0.15) is 17.3 Å². The molecule has 8 heteroatoms. The zero-order valence-corrected chi connectivity index (χ0v) is 9.19. The van der Waals surface area contributed by atoms with Gasteiger partial charge in [0, 0.05) is 17.7 Å². The number of halogens is 3. The molecule has 1 amide bonds. The van der Waals surface area contributed by atoms with E-state index >= 15 is 0 Å². The number of carbonyl (C=O) groups is 1. The standard InChI is InChI=1S/C10H9F3N2O3/c1-6(10(11,12)13)14-9(16)7-3-2-4-8(5-7)15(17)18/h2-6H,1H3,(H,14,16). The Balaban J connectivity index is 2.85. The topological polar surface area (TPSA) is 72.2 Å². The van der Waals surface area contributed by atoms with Gasteiger partial charge in [0.05, 0.1) is 4.92 Å². The number of hydrogen-bond acceptors (Lipinski definition) is 3. The third-order valence-corrected chi connectivity index (χ3v) is 2.16. The van der Waals surface area contributed by atoms with Crippen LogP contribution in [0.2, 0.25) is 0 Å². The van der Waals surface area contributed by atoms with Crippen molar-refractivity contribution in [2.75, 3.05) is 0 Å². The summed E-state index contributed by atoms with van der Waals surface area (Å²) in [5, 5.41) is 12.2. The maximum atomic E-state index is 12.2. The SMILES string of the molecule is CC(NC(=O)c1cccc([N+](=O)[O-])c1)C(F)(F)F. The number of nitro groups is 1. The van der Waals surface area contributed by atoms with E-state index in [4.69, 9.17) is 0 Å². The Hall–Kier alpha value is -2.12. The van der Waals surface area contributed by atoms with Crippen molar-refractivity contribution in [2.24, 2.45) is 0 Å². The van der Waals surface area contributed by atoms with Crippen LogP contribution in [-0.4, -0.2) is 23.0 Å². The molecule has 1 atom stereocenters. The van der Waals surface area contributed by atoms with Gasteiger partial charge in [0.25, 0.3) is 11.6 Å². The summed E-state index contributed by atoms with van der Waals surface area (Å²) in [4.78, 5) is 21.2. The number of carbonyl (C=O) groups excluding carboxylic acids is 1. The lowest BCUT2D eigenvalue weighted by Gasteiger charge is -2.16. The van der Waals surface area contributed by atoms with Crippen molar-refractivity contribution in [2.45, 2.75) is 19.1 Å². The van der Waals surface area contributed by atoms with Gasteiger partial charge in [-0.25, -0.2) is 0 Å². The molecule has 0 bridgehead atoms. The molecule has 0 aromatic heterocycles. The van der Waals surface area contributed by atoms with Gasteiger partial charge in [-0.2, -0.15) is 13.2 Å². The molecule has 1 rings (SSSR count). The van der Waals surface area contributed by atoms with E-state index < -0.39 is 23.0 Å². The van der Waals surface area contributed by atoms with Crippen LogP contribution in [-0.2, 0) is 0 Å². The first kappa shape index (κ1) is 13.9. The highest BCUT2D eigenvalue weighted by atomic mass is 19.4. The van der Waals surface area contributed by atoms with Gasteiger partial charge in [-0.05, 0) is 13.0 Å². The van der Waals surface area contributed by atoms with Crippen LogP contribution in [0, 0.1) is 10.1 Å². The van der Waals surface area contributed by atoms with E-state index in [1.807, 2.05) is 0 Å². The van der Waals surface area contributed by atoms with Crippen LogP contribution in [0.25, 0.3) is 0 Å². The van der Waals surface area contributed by atoms with E-state index in [1.165, 1.54) is 12.1 Å². The molecule has 0 saturated heterocycles. The minimum absolute atomic E-state index is 0.194. The van der Waals surface area contributed by atoms with Crippen molar-refractivity contribution in [1.29, 1.82) is 0 Å². The van der Waals surface area contributed by atoms with Gasteiger partial charge in [-0.1, -0.05) is 6.07 Å². The fourth-order valence-electron chi connectivity index (χ4n) is 1.12. The molecule has 1 aromatic rings. The first-order chi connectivity index (χ1) is 8.21. The molecule has 18 heavy (non-hydrogen) atoms. The Labute approximate surface area is 99.8 Å². The van der Waals surface area contributed by atoms with Crippen molar-refractivity contribution >= 4 is 11.6 Å². The summed E-state index contributed by atoms with van der Waals surface area (Å²) < 4.78 is 36.6. The number of benzene rings is 1. The molecule has 98 valence electrons. The van der Waals surface area contributed by atoms with Crippen molar-refractivity contribution in [3.8, 4) is 0 Å². The van der Waals surface area contributed by atoms with E-state index in [2.05, 4.69) is 0 Å². The zero-order chi connectivity index (χ0) is 13.9. The Morgan fingerprint density at radius 3 is 2.56 bits per heavy atom. The number of nitrogens with one attached hydrogen (secondary N) is 1. The van der Waals surface area contributed by atoms with E-state index in [0.717, 1.165) is 19.1 Å². The average molecular weight is 262 g/mol. The highest BCUT2D eigenvalue weighted by Crippen LogP contribution is 2.20. The summed E-state index contributed by atoms with van der Waals surface area (Å²) in [7, 11) is 0. The second kappa shape index (κ2) is 5.03. The molecule has 0 aliphatic rings. The predicted octanol–water partition coefficient (Wildman–Crippen LogP) is 2.28. The Bertz CT molecular complexity index is 474. The molecule has 0 heterocycles. The van der Waals surface area contributed by atoms with Crippen LogP contribution in [0.5, 0.6) is 0 Å². The molecule has 0 aliphatic heterocycles. The van der Waals surface area contributed by atoms with Crippen LogP contribution < -0.4 is 5.32 Å². The number of rotatable bonds is 3. The lowest BCUT2D eigenvalue weighted by atomic mass is 10.2. The van der Waals surface area contributed by atoms with Crippen LogP contribution in [0.4, 0.5) is 18.9 Å². The molecular formula is C10H9F3N2O3. The highest BCUT2D eigenvalue weighted by Gasteiger charge is 2.37. The van der Waals surface area contributed by atoms with Crippen molar-refractivity contribution in [1.82, 2.24) is 5.32 Å². The normalized spacial score (nSPS) is 12.9. The zero-order valence-electron chi connectivity index (χ0n) is 9.19. The third kappa shape index (κ3) is 3.44. The van der Waals surface area contributed by atoms with Gasteiger partial charge in [0.15, 0.2) is 0 Å². The molecule has 1 N–H and O–H groups in total. The summed E-state index contributed by atoms with van der Waals surface area (Å²) in [6.45, 7) is 0.787. The molecule has 0 fully saturated rings. The van der Waals surface area contributed by atoms with Gasteiger partial charge >= 0.3 is 6.18 Å². The molecule has 5 nitrogen and oxygen atoms in total. The molecule has 0 saturated carbocycles. The van der Waals surface area contributed by atoms with Crippen molar-refractivity contribution in [3.63, 3.8) is 0 Å². The summed E-state index contributed by atoms with van der Waals surface area (Å²) in [6, 6.07) is 2.46. The fourth-order valence-corrected chi connectivity index (χ4v) is 1.12. The van der Waals surface area contributed by atoms with Crippen LogP contribution in [0.3, 0.4) is 0 Å². The summed E-state index contributed by atoms with van der Waals surface area (Å²) in [5.41, 5.74) is -0.553. The van der Waals surface area contributed by atoms with Gasteiger partial charge in [-0.15, -0.1) is 0 Å². The van der Waals surface area contributed by atoms with E-state index in [-0.39, 0.29) is 11.3 Å². The number of amides is 1. The number of nitro benzene ring substituents is 1. The maximum Gasteiger partial charge on any atom is 0.408 e.